The molecule has 1 aromatic heterocycles. The number of hydrogen-bond acceptors (Lipinski definition) is 5. The van der Waals surface area contributed by atoms with E-state index in [1.165, 1.54) is 0 Å². The first-order valence-electron chi connectivity index (χ1n) is 10.2. The van der Waals surface area contributed by atoms with Crippen molar-refractivity contribution in [3.05, 3.63) is 42.0 Å². The second kappa shape index (κ2) is 9.98. The van der Waals surface area contributed by atoms with E-state index in [1.54, 1.807) is 34.9 Å². The molecule has 1 amide bonds. The molecule has 1 aromatic carbocycles. The van der Waals surface area contributed by atoms with Crippen molar-refractivity contribution >= 4 is 15.9 Å². The highest BCUT2D eigenvalue weighted by Crippen LogP contribution is 2.21. The SMILES string of the molecule is CCn1cnnc1CCNC(=O)CCc1ccc(S(=O)(=O)N2CCCCC2)cc1. The van der Waals surface area contributed by atoms with E-state index in [9.17, 15) is 13.2 Å². The second-order valence-electron chi connectivity index (χ2n) is 7.24. The van der Waals surface area contributed by atoms with E-state index in [2.05, 4.69) is 15.5 Å². The Morgan fingerprint density at radius 2 is 1.83 bits per heavy atom. The van der Waals surface area contributed by atoms with Gasteiger partial charge >= 0.3 is 0 Å². The van der Waals surface area contributed by atoms with Crippen molar-refractivity contribution in [2.24, 2.45) is 0 Å². The van der Waals surface area contributed by atoms with Gasteiger partial charge in [-0.2, -0.15) is 4.31 Å². The lowest BCUT2D eigenvalue weighted by Crippen LogP contribution is -2.35. The molecule has 9 heteroatoms. The Balaban J connectivity index is 1.45. The maximum Gasteiger partial charge on any atom is 0.243 e. The van der Waals surface area contributed by atoms with Crippen LogP contribution in [0.3, 0.4) is 0 Å². The zero-order valence-electron chi connectivity index (χ0n) is 16.9. The van der Waals surface area contributed by atoms with Crippen LogP contribution in [0.1, 0.15) is 44.0 Å². The summed E-state index contributed by atoms with van der Waals surface area (Å²) in [5.74, 6) is 0.830. The van der Waals surface area contributed by atoms with Gasteiger partial charge in [-0.15, -0.1) is 10.2 Å². The Morgan fingerprint density at radius 3 is 2.52 bits per heavy atom. The molecule has 1 N–H and O–H groups in total. The van der Waals surface area contributed by atoms with Gasteiger partial charge in [-0.1, -0.05) is 18.6 Å². The van der Waals surface area contributed by atoms with Gasteiger partial charge in [-0.3, -0.25) is 4.79 Å². The van der Waals surface area contributed by atoms with Crippen LogP contribution in [0.5, 0.6) is 0 Å². The number of benzene rings is 1. The van der Waals surface area contributed by atoms with Crippen molar-refractivity contribution in [1.82, 2.24) is 24.4 Å². The number of aryl methyl sites for hydroxylation is 2. The molecule has 2 heterocycles. The van der Waals surface area contributed by atoms with Crippen LogP contribution in [-0.4, -0.2) is 53.0 Å². The van der Waals surface area contributed by atoms with Gasteiger partial charge in [0.1, 0.15) is 12.2 Å². The summed E-state index contributed by atoms with van der Waals surface area (Å²) in [5.41, 5.74) is 0.948. The van der Waals surface area contributed by atoms with E-state index in [4.69, 9.17) is 0 Å². The molecule has 0 radical (unpaired) electrons. The van der Waals surface area contributed by atoms with Crippen molar-refractivity contribution in [2.75, 3.05) is 19.6 Å². The number of nitrogens with one attached hydrogen (secondary N) is 1. The number of rotatable bonds is 9. The molecule has 2 aromatic rings. The van der Waals surface area contributed by atoms with Gasteiger partial charge in [0.25, 0.3) is 0 Å². The van der Waals surface area contributed by atoms with Gasteiger partial charge in [0.05, 0.1) is 4.90 Å². The summed E-state index contributed by atoms with van der Waals surface area (Å²) >= 11 is 0. The number of aromatic nitrogens is 3. The normalized spacial score (nSPS) is 15.3. The lowest BCUT2D eigenvalue weighted by atomic mass is 10.1. The molecule has 0 atom stereocenters. The topological polar surface area (TPSA) is 97.2 Å². The first-order valence-corrected chi connectivity index (χ1v) is 11.7. The quantitative estimate of drug-likeness (QED) is 0.668. The molecule has 0 unspecified atom stereocenters. The summed E-state index contributed by atoms with van der Waals surface area (Å²) in [5, 5.41) is 10.8. The maximum absolute atomic E-state index is 12.7. The van der Waals surface area contributed by atoms with Gasteiger partial charge in [-0.05, 0) is 43.9 Å². The lowest BCUT2D eigenvalue weighted by molar-refractivity contribution is -0.121. The molecule has 3 rings (SSSR count). The van der Waals surface area contributed by atoms with Crippen LogP contribution in [-0.2, 0) is 34.2 Å². The minimum Gasteiger partial charge on any atom is -0.356 e. The van der Waals surface area contributed by atoms with Crippen LogP contribution < -0.4 is 5.32 Å². The lowest BCUT2D eigenvalue weighted by Gasteiger charge is -2.25. The van der Waals surface area contributed by atoms with Crippen LogP contribution in [0, 0.1) is 0 Å². The molecule has 29 heavy (non-hydrogen) atoms. The number of hydrogen-bond donors (Lipinski definition) is 1. The molecule has 0 saturated carbocycles. The van der Waals surface area contributed by atoms with Crippen molar-refractivity contribution in [2.45, 2.75) is 56.9 Å². The first kappa shape index (κ1) is 21.4. The Morgan fingerprint density at radius 1 is 1.10 bits per heavy atom. The highest BCUT2D eigenvalue weighted by molar-refractivity contribution is 7.89. The Hall–Kier alpha value is -2.26. The standard InChI is InChI=1S/C20H29N5O3S/c1-2-24-16-22-23-19(24)12-13-21-20(26)11-8-17-6-9-18(10-7-17)29(27,28)25-14-4-3-5-15-25/h6-7,9-10,16H,2-5,8,11-15H2,1H3,(H,21,26). The third kappa shape index (κ3) is 5.63. The van der Waals surface area contributed by atoms with Crippen LogP contribution in [0.4, 0.5) is 0 Å². The smallest absolute Gasteiger partial charge is 0.243 e. The van der Waals surface area contributed by atoms with Gasteiger partial charge in [0.15, 0.2) is 0 Å². The summed E-state index contributed by atoms with van der Waals surface area (Å²) < 4.78 is 28.9. The molecule has 1 fully saturated rings. The summed E-state index contributed by atoms with van der Waals surface area (Å²) in [7, 11) is -3.41. The monoisotopic (exact) mass is 419 g/mol. The van der Waals surface area contributed by atoms with Crippen molar-refractivity contribution in [3.8, 4) is 0 Å². The minimum absolute atomic E-state index is 0.0300. The van der Waals surface area contributed by atoms with Crippen LogP contribution in [0.2, 0.25) is 0 Å². The average molecular weight is 420 g/mol. The van der Waals surface area contributed by atoms with E-state index in [-0.39, 0.29) is 5.91 Å². The molecule has 1 saturated heterocycles. The maximum atomic E-state index is 12.7. The molecule has 8 nitrogen and oxygen atoms in total. The highest BCUT2D eigenvalue weighted by atomic mass is 32.2. The number of piperidine rings is 1. The first-order chi connectivity index (χ1) is 14.0. The number of carbonyl (C=O) groups is 1. The molecular formula is C20H29N5O3S. The predicted octanol–water partition coefficient (Wildman–Crippen LogP) is 1.76. The summed E-state index contributed by atoms with van der Waals surface area (Å²) in [4.78, 5) is 12.4. The Bertz CT molecular complexity index is 902. The summed E-state index contributed by atoms with van der Waals surface area (Å²) in [6.45, 7) is 4.54. The molecular weight excluding hydrogens is 390 g/mol. The fourth-order valence-corrected chi connectivity index (χ4v) is 5.00. The van der Waals surface area contributed by atoms with Crippen molar-refractivity contribution in [1.29, 1.82) is 0 Å². The third-order valence-electron chi connectivity index (χ3n) is 5.22. The van der Waals surface area contributed by atoms with Gasteiger partial charge in [-0.25, -0.2) is 8.42 Å². The van der Waals surface area contributed by atoms with E-state index in [0.717, 1.165) is 37.2 Å². The van der Waals surface area contributed by atoms with E-state index in [1.807, 2.05) is 11.5 Å². The van der Waals surface area contributed by atoms with Crippen LogP contribution in [0.15, 0.2) is 35.5 Å². The largest absolute Gasteiger partial charge is 0.356 e. The van der Waals surface area contributed by atoms with E-state index in [0.29, 0.717) is 43.8 Å². The molecule has 1 aliphatic rings. The molecule has 0 spiro atoms. The average Bonchev–Trinajstić information content (AvgIpc) is 3.21. The number of amides is 1. The predicted molar refractivity (Wildman–Crippen MR) is 110 cm³/mol. The molecule has 1 aliphatic heterocycles. The van der Waals surface area contributed by atoms with Crippen LogP contribution >= 0.6 is 0 Å². The van der Waals surface area contributed by atoms with E-state index < -0.39 is 10.0 Å². The van der Waals surface area contributed by atoms with Gasteiger partial charge < -0.3 is 9.88 Å². The Kier molecular flexibility index (Phi) is 7.38. The number of carbonyl (C=O) groups excluding carboxylic acids is 1. The fraction of sp³-hybridized carbons (Fsp3) is 0.550. The van der Waals surface area contributed by atoms with Crippen molar-refractivity contribution < 1.29 is 13.2 Å². The third-order valence-corrected chi connectivity index (χ3v) is 7.14. The molecule has 0 bridgehead atoms. The van der Waals surface area contributed by atoms with E-state index >= 15 is 0 Å². The fourth-order valence-electron chi connectivity index (χ4n) is 3.48. The highest BCUT2D eigenvalue weighted by Gasteiger charge is 2.25. The zero-order chi connectivity index (χ0) is 20.7. The molecule has 0 aliphatic carbocycles. The van der Waals surface area contributed by atoms with Gasteiger partial charge in [0, 0.05) is 39.0 Å². The second-order valence-corrected chi connectivity index (χ2v) is 9.18. The van der Waals surface area contributed by atoms with Gasteiger partial charge in [0.2, 0.25) is 15.9 Å². The summed E-state index contributed by atoms with van der Waals surface area (Å²) in [6.07, 6.45) is 6.19. The zero-order valence-corrected chi connectivity index (χ0v) is 17.7. The summed E-state index contributed by atoms with van der Waals surface area (Å²) in [6, 6.07) is 6.89. The number of nitrogens with zero attached hydrogens (tertiary/aromatic N) is 4. The minimum atomic E-state index is -3.41. The van der Waals surface area contributed by atoms with Crippen LogP contribution in [0.25, 0.3) is 0 Å². The van der Waals surface area contributed by atoms with Crippen molar-refractivity contribution in [3.63, 3.8) is 0 Å². The molecule has 158 valence electrons. The number of sulfonamides is 1. The Labute approximate surface area is 172 Å².